The Hall–Kier alpha value is -0.660. The van der Waals surface area contributed by atoms with Gasteiger partial charge in [0.25, 0.3) is 10.2 Å². The first-order valence-electron chi connectivity index (χ1n) is 7.41. The molecule has 6 nitrogen and oxygen atoms in total. The normalized spacial score (nSPS) is 24.9. The summed E-state index contributed by atoms with van der Waals surface area (Å²) in [6.45, 7) is 4.32. The molecule has 0 bridgehead atoms. The first-order valence-corrected chi connectivity index (χ1v) is 8.80. The Morgan fingerprint density at radius 2 is 2.00 bits per heavy atom. The molecular weight excluding hydrogens is 280 g/mol. The SMILES string of the molecule is CCOC(=O)CN(C1CC1)S(=O)(=O)N1CCCCC1C. The zero-order chi connectivity index (χ0) is 14.8. The van der Waals surface area contributed by atoms with Gasteiger partial charge < -0.3 is 4.74 Å². The van der Waals surface area contributed by atoms with Gasteiger partial charge in [0.15, 0.2) is 0 Å². The van der Waals surface area contributed by atoms with E-state index in [1.807, 2.05) is 6.92 Å². The Labute approximate surface area is 121 Å². The summed E-state index contributed by atoms with van der Waals surface area (Å²) in [5.41, 5.74) is 0. The van der Waals surface area contributed by atoms with Crippen LogP contribution < -0.4 is 0 Å². The lowest BCUT2D eigenvalue weighted by Crippen LogP contribution is -2.51. The van der Waals surface area contributed by atoms with Crippen LogP contribution >= 0.6 is 0 Å². The molecule has 2 aliphatic rings. The second kappa shape index (κ2) is 6.41. The fourth-order valence-corrected chi connectivity index (χ4v) is 4.69. The second-order valence-corrected chi connectivity index (χ2v) is 7.38. The number of piperidine rings is 1. The lowest BCUT2D eigenvalue weighted by molar-refractivity contribution is -0.143. The Bertz CT molecular complexity index is 447. The van der Waals surface area contributed by atoms with Crippen molar-refractivity contribution in [1.29, 1.82) is 0 Å². The van der Waals surface area contributed by atoms with Gasteiger partial charge in [-0.25, -0.2) is 0 Å². The molecule has 0 spiro atoms. The highest BCUT2D eigenvalue weighted by atomic mass is 32.2. The molecule has 0 aromatic carbocycles. The van der Waals surface area contributed by atoms with Gasteiger partial charge in [-0.2, -0.15) is 17.0 Å². The zero-order valence-electron chi connectivity index (χ0n) is 12.2. The van der Waals surface area contributed by atoms with Crippen LogP contribution in [0.25, 0.3) is 0 Å². The molecule has 1 aliphatic carbocycles. The molecule has 1 atom stereocenters. The highest BCUT2D eigenvalue weighted by Gasteiger charge is 2.43. The molecule has 1 aliphatic heterocycles. The van der Waals surface area contributed by atoms with Gasteiger partial charge in [-0.05, 0) is 39.5 Å². The van der Waals surface area contributed by atoms with Gasteiger partial charge in [0, 0.05) is 18.6 Å². The van der Waals surface area contributed by atoms with Crippen LogP contribution in [0, 0.1) is 0 Å². The topological polar surface area (TPSA) is 66.9 Å². The van der Waals surface area contributed by atoms with Crippen LogP contribution in [0.1, 0.15) is 46.0 Å². The third-order valence-corrected chi connectivity index (χ3v) is 6.03. The summed E-state index contributed by atoms with van der Waals surface area (Å²) in [5.74, 6) is -0.465. The number of ether oxygens (including phenoxy) is 1. The highest BCUT2D eigenvalue weighted by molar-refractivity contribution is 7.86. The summed E-state index contributed by atoms with van der Waals surface area (Å²) in [7, 11) is -3.56. The van der Waals surface area contributed by atoms with Crippen molar-refractivity contribution in [3.8, 4) is 0 Å². The van der Waals surface area contributed by atoms with E-state index in [1.54, 1.807) is 11.2 Å². The minimum absolute atomic E-state index is 0.0113. The number of carbonyl (C=O) groups excluding carboxylic acids is 1. The van der Waals surface area contributed by atoms with Gasteiger partial charge in [-0.1, -0.05) is 6.42 Å². The largest absolute Gasteiger partial charge is 0.465 e. The summed E-state index contributed by atoms with van der Waals surface area (Å²) >= 11 is 0. The quantitative estimate of drug-likeness (QED) is 0.690. The van der Waals surface area contributed by atoms with E-state index in [9.17, 15) is 13.2 Å². The van der Waals surface area contributed by atoms with Crippen LogP contribution in [0.4, 0.5) is 0 Å². The number of carbonyl (C=O) groups is 1. The molecule has 2 rings (SSSR count). The number of esters is 1. The molecule has 20 heavy (non-hydrogen) atoms. The lowest BCUT2D eigenvalue weighted by Gasteiger charge is -2.36. The summed E-state index contributed by atoms with van der Waals surface area (Å²) in [6, 6.07) is -0.0178. The van der Waals surface area contributed by atoms with E-state index in [2.05, 4.69) is 0 Å². The number of rotatable bonds is 6. The smallest absolute Gasteiger partial charge is 0.321 e. The molecule has 7 heteroatoms. The Morgan fingerprint density at radius 3 is 2.55 bits per heavy atom. The molecule has 2 fully saturated rings. The fraction of sp³-hybridized carbons (Fsp3) is 0.923. The molecule has 1 saturated heterocycles. The summed E-state index contributed by atoms with van der Waals surface area (Å²) < 4.78 is 33.3. The van der Waals surface area contributed by atoms with Crippen LogP contribution in [0.5, 0.6) is 0 Å². The van der Waals surface area contributed by atoms with Crippen molar-refractivity contribution < 1.29 is 17.9 Å². The third-order valence-electron chi connectivity index (χ3n) is 3.88. The summed E-state index contributed by atoms with van der Waals surface area (Å²) in [6.07, 6.45) is 4.51. The standard InChI is InChI=1S/C13H24N2O4S/c1-3-19-13(16)10-15(12-7-8-12)20(17,18)14-9-5-4-6-11(14)2/h11-12H,3-10H2,1-2H3. The van der Waals surface area contributed by atoms with Crippen molar-refractivity contribution in [1.82, 2.24) is 8.61 Å². The molecular formula is C13H24N2O4S. The molecule has 0 amide bonds. The highest BCUT2D eigenvalue weighted by Crippen LogP contribution is 2.32. The van der Waals surface area contributed by atoms with Gasteiger partial charge in [0.2, 0.25) is 0 Å². The molecule has 0 aromatic rings. The van der Waals surface area contributed by atoms with E-state index in [-0.39, 0.29) is 25.2 Å². The van der Waals surface area contributed by atoms with Crippen molar-refractivity contribution in [3.05, 3.63) is 0 Å². The summed E-state index contributed by atoms with van der Waals surface area (Å²) in [5, 5.41) is 0. The minimum atomic E-state index is -3.56. The number of hydrogen-bond donors (Lipinski definition) is 0. The van der Waals surface area contributed by atoms with Gasteiger partial charge in [-0.3, -0.25) is 4.79 Å². The van der Waals surface area contributed by atoms with Crippen molar-refractivity contribution in [3.63, 3.8) is 0 Å². The van der Waals surface area contributed by atoms with Crippen LogP contribution in [0.15, 0.2) is 0 Å². The van der Waals surface area contributed by atoms with E-state index < -0.39 is 16.2 Å². The van der Waals surface area contributed by atoms with E-state index in [4.69, 9.17) is 4.74 Å². The van der Waals surface area contributed by atoms with Gasteiger partial charge in [0.05, 0.1) is 6.61 Å². The van der Waals surface area contributed by atoms with Gasteiger partial charge in [-0.15, -0.1) is 0 Å². The maximum absolute atomic E-state index is 12.8. The molecule has 0 radical (unpaired) electrons. The van der Waals surface area contributed by atoms with Gasteiger partial charge >= 0.3 is 5.97 Å². The first-order chi connectivity index (χ1) is 9.46. The van der Waals surface area contributed by atoms with Crippen molar-refractivity contribution in [2.45, 2.75) is 58.0 Å². The van der Waals surface area contributed by atoms with Crippen molar-refractivity contribution in [2.75, 3.05) is 19.7 Å². The number of hydrogen-bond acceptors (Lipinski definition) is 4. The van der Waals surface area contributed by atoms with E-state index in [0.717, 1.165) is 32.1 Å². The van der Waals surface area contributed by atoms with Crippen LogP contribution in [-0.4, -0.2) is 54.8 Å². The van der Waals surface area contributed by atoms with Crippen molar-refractivity contribution in [2.24, 2.45) is 0 Å². The predicted molar refractivity (Wildman–Crippen MR) is 75.3 cm³/mol. The molecule has 1 saturated carbocycles. The minimum Gasteiger partial charge on any atom is -0.465 e. The molecule has 1 unspecified atom stereocenters. The molecule has 116 valence electrons. The monoisotopic (exact) mass is 304 g/mol. The second-order valence-electron chi connectivity index (χ2n) is 5.54. The average molecular weight is 304 g/mol. The summed E-state index contributed by atoms with van der Waals surface area (Å²) in [4.78, 5) is 11.6. The third kappa shape index (κ3) is 3.51. The van der Waals surface area contributed by atoms with Crippen LogP contribution in [0.3, 0.4) is 0 Å². The lowest BCUT2D eigenvalue weighted by atomic mass is 10.1. The van der Waals surface area contributed by atoms with E-state index in [0.29, 0.717) is 6.54 Å². The molecule has 1 heterocycles. The fourth-order valence-electron chi connectivity index (χ4n) is 2.64. The molecule has 0 N–H and O–H groups in total. The number of nitrogens with zero attached hydrogens (tertiary/aromatic N) is 2. The Morgan fingerprint density at radius 1 is 1.30 bits per heavy atom. The zero-order valence-corrected chi connectivity index (χ0v) is 13.1. The maximum atomic E-state index is 12.8. The van der Waals surface area contributed by atoms with Crippen molar-refractivity contribution >= 4 is 16.2 Å². The van der Waals surface area contributed by atoms with Crippen LogP contribution in [-0.2, 0) is 19.7 Å². The van der Waals surface area contributed by atoms with E-state index in [1.165, 1.54) is 4.31 Å². The van der Waals surface area contributed by atoms with E-state index >= 15 is 0 Å². The Balaban J connectivity index is 2.12. The van der Waals surface area contributed by atoms with Gasteiger partial charge in [0.1, 0.15) is 6.54 Å². The van der Waals surface area contributed by atoms with Crippen LogP contribution in [0.2, 0.25) is 0 Å². The average Bonchev–Trinajstić information content (AvgIpc) is 3.20. The Kier molecular flexibility index (Phi) is 5.04. The maximum Gasteiger partial charge on any atom is 0.321 e. The predicted octanol–water partition coefficient (Wildman–Crippen LogP) is 1.13. The first kappa shape index (κ1) is 15.7. The molecule has 0 aromatic heterocycles.